The summed E-state index contributed by atoms with van der Waals surface area (Å²) in [5, 5.41) is 9.58. The number of rotatable bonds is 5. The van der Waals surface area contributed by atoms with Crippen LogP contribution in [0.5, 0.6) is 5.75 Å². The van der Waals surface area contributed by atoms with E-state index in [4.69, 9.17) is 25.4 Å². The summed E-state index contributed by atoms with van der Waals surface area (Å²) in [5.74, 6) is -4.06. The number of nitrogens with two attached hydrogens (primary N) is 2. The van der Waals surface area contributed by atoms with Crippen molar-refractivity contribution in [3.8, 4) is 5.75 Å². The number of benzene rings is 1. The first kappa shape index (κ1) is 21.1. The Morgan fingerprint density at radius 3 is 2.62 bits per heavy atom. The lowest BCUT2D eigenvalue weighted by atomic mass is 9.71. The molecule has 0 fully saturated rings. The van der Waals surface area contributed by atoms with Crippen LogP contribution in [0, 0.1) is 0 Å². The largest absolute Gasteiger partial charge is 0.462 e. The minimum atomic E-state index is -2.10. The second kappa shape index (κ2) is 7.54. The first-order chi connectivity index (χ1) is 15.3. The maximum Gasteiger partial charge on any atom is 0.341 e. The molecular formula is C21H19N3O8. The number of ether oxygens (including phenoxy) is 2. The van der Waals surface area contributed by atoms with E-state index in [1.54, 1.807) is 25.1 Å². The molecule has 1 atom stereocenters. The Hall–Kier alpha value is -4.12. The van der Waals surface area contributed by atoms with Gasteiger partial charge in [-0.25, -0.2) is 4.79 Å². The Labute approximate surface area is 180 Å². The predicted molar refractivity (Wildman–Crippen MR) is 108 cm³/mol. The molecule has 2 aliphatic heterocycles. The normalized spacial score (nSPS) is 18.9. The Bertz CT molecular complexity index is 1250. The van der Waals surface area contributed by atoms with E-state index in [2.05, 4.69) is 0 Å². The van der Waals surface area contributed by atoms with E-state index in [9.17, 15) is 24.3 Å². The summed E-state index contributed by atoms with van der Waals surface area (Å²) in [4.78, 5) is 52.5. The van der Waals surface area contributed by atoms with Gasteiger partial charge in [0, 0.05) is 17.3 Å². The van der Waals surface area contributed by atoms with Crippen molar-refractivity contribution in [1.82, 2.24) is 0 Å². The number of nitrogens with zero attached hydrogens (tertiary/aromatic N) is 1. The van der Waals surface area contributed by atoms with Crippen LogP contribution in [-0.2, 0) is 31.1 Å². The fourth-order valence-electron chi connectivity index (χ4n) is 4.10. The van der Waals surface area contributed by atoms with Crippen LogP contribution in [0.3, 0.4) is 0 Å². The van der Waals surface area contributed by atoms with Gasteiger partial charge in [0.1, 0.15) is 24.5 Å². The molecule has 5 N–H and O–H groups in total. The highest BCUT2D eigenvalue weighted by molar-refractivity contribution is 6.19. The third-order valence-electron chi connectivity index (χ3n) is 5.24. The number of anilines is 1. The van der Waals surface area contributed by atoms with Crippen LogP contribution >= 0.6 is 0 Å². The predicted octanol–water partition coefficient (Wildman–Crippen LogP) is -0.624. The zero-order valence-electron chi connectivity index (χ0n) is 16.9. The Kier molecular flexibility index (Phi) is 4.97. The molecule has 2 aromatic rings. The van der Waals surface area contributed by atoms with Crippen molar-refractivity contribution in [1.29, 1.82) is 0 Å². The molecule has 3 heterocycles. The van der Waals surface area contributed by atoms with Crippen molar-refractivity contribution in [2.24, 2.45) is 11.5 Å². The molecule has 11 heteroatoms. The van der Waals surface area contributed by atoms with Gasteiger partial charge in [-0.2, -0.15) is 0 Å². The first-order valence-electron chi connectivity index (χ1n) is 9.60. The van der Waals surface area contributed by atoms with E-state index in [1.807, 2.05) is 0 Å². The monoisotopic (exact) mass is 441 g/mol. The molecule has 1 spiro atoms. The third kappa shape index (κ3) is 2.78. The van der Waals surface area contributed by atoms with E-state index in [0.717, 1.165) is 11.0 Å². The minimum Gasteiger partial charge on any atom is -0.462 e. The number of hydrogen-bond acceptors (Lipinski definition) is 9. The van der Waals surface area contributed by atoms with Crippen molar-refractivity contribution < 1.29 is 33.4 Å². The molecular weight excluding hydrogens is 422 g/mol. The molecule has 0 bridgehead atoms. The quantitative estimate of drug-likeness (QED) is 0.510. The summed E-state index contributed by atoms with van der Waals surface area (Å²) < 4.78 is 16.3. The smallest absolute Gasteiger partial charge is 0.341 e. The maximum absolute atomic E-state index is 14.0. The van der Waals surface area contributed by atoms with Gasteiger partial charge in [-0.05, 0) is 13.0 Å². The summed E-state index contributed by atoms with van der Waals surface area (Å²) in [7, 11) is 0. The Morgan fingerprint density at radius 2 is 1.97 bits per heavy atom. The highest BCUT2D eigenvalue weighted by Gasteiger charge is 2.63. The molecule has 0 radical (unpaired) electrons. The van der Waals surface area contributed by atoms with Crippen molar-refractivity contribution in [3.05, 3.63) is 69.1 Å². The number of fused-ring (bicyclic) bond motifs is 4. The number of para-hydroxylation sites is 1. The summed E-state index contributed by atoms with van der Waals surface area (Å²) in [5.41, 5.74) is 8.64. The van der Waals surface area contributed by atoms with E-state index in [-0.39, 0.29) is 29.4 Å². The van der Waals surface area contributed by atoms with E-state index in [1.165, 1.54) is 6.07 Å². The fourth-order valence-corrected chi connectivity index (χ4v) is 4.10. The van der Waals surface area contributed by atoms with Crippen LogP contribution in [0.2, 0.25) is 0 Å². The van der Waals surface area contributed by atoms with Crippen LogP contribution in [0.4, 0.5) is 5.69 Å². The molecule has 0 aliphatic carbocycles. The van der Waals surface area contributed by atoms with E-state index in [0.29, 0.717) is 0 Å². The second-order valence-corrected chi connectivity index (χ2v) is 7.08. The minimum absolute atomic E-state index is 0.0417. The zero-order valence-corrected chi connectivity index (χ0v) is 16.9. The number of amides is 2. The number of aliphatic hydroxyl groups excluding tert-OH is 1. The van der Waals surface area contributed by atoms with Gasteiger partial charge in [0.25, 0.3) is 5.91 Å². The average molecular weight is 441 g/mol. The third-order valence-corrected chi connectivity index (χ3v) is 5.24. The van der Waals surface area contributed by atoms with Crippen molar-refractivity contribution in [2.45, 2.75) is 18.9 Å². The molecule has 11 nitrogen and oxygen atoms in total. The van der Waals surface area contributed by atoms with Crippen LogP contribution in [0.25, 0.3) is 0 Å². The highest BCUT2D eigenvalue weighted by atomic mass is 16.5. The molecule has 0 saturated heterocycles. The summed E-state index contributed by atoms with van der Waals surface area (Å²) in [6, 6.07) is 7.29. The number of hydrogen-bond donors (Lipinski definition) is 3. The average Bonchev–Trinajstić information content (AvgIpc) is 2.98. The fraction of sp³-hybridized carbons (Fsp3) is 0.238. The first-order valence-corrected chi connectivity index (χ1v) is 9.60. The molecule has 1 unspecified atom stereocenters. The van der Waals surface area contributed by atoms with Gasteiger partial charge in [0.05, 0.1) is 6.61 Å². The van der Waals surface area contributed by atoms with Gasteiger partial charge in [-0.1, -0.05) is 18.2 Å². The van der Waals surface area contributed by atoms with Crippen molar-refractivity contribution in [3.63, 3.8) is 0 Å². The van der Waals surface area contributed by atoms with Gasteiger partial charge in [0.15, 0.2) is 11.2 Å². The number of primary amides is 1. The lowest BCUT2D eigenvalue weighted by Crippen LogP contribution is -2.50. The summed E-state index contributed by atoms with van der Waals surface area (Å²) >= 11 is 0. The molecule has 0 saturated carbocycles. The lowest BCUT2D eigenvalue weighted by molar-refractivity contribution is -0.141. The SMILES string of the molecule is CCOC(=O)C1=C(N)Oc2c(oc(CO)cc2=O)C12C(=O)N(CC(N)=O)c1ccccc12. The molecule has 2 amide bonds. The van der Waals surface area contributed by atoms with Crippen LogP contribution in [-0.4, -0.2) is 36.0 Å². The van der Waals surface area contributed by atoms with E-state index >= 15 is 0 Å². The van der Waals surface area contributed by atoms with Crippen molar-refractivity contribution >= 4 is 23.5 Å². The van der Waals surface area contributed by atoms with Crippen molar-refractivity contribution in [2.75, 3.05) is 18.1 Å². The van der Waals surface area contributed by atoms with Crippen LogP contribution < -0.4 is 26.5 Å². The van der Waals surface area contributed by atoms with Crippen LogP contribution in [0.15, 0.2) is 51.0 Å². The topological polar surface area (TPSA) is 175 Å². The van der Waals surface area contributed by atoms with E-state index < -0.39 is 59.0 Å². The summed E-state index contributed by atoms with van der Waals surface area (Å²) in [6.45, 7) is 0.355. The Morgan fingerprint density at radius 1 is 1.25 bits per heavy atom. The van der Waals surface area contributed by atoms with Gasteiger partial charge in [0.2, 0.25) is 23.0 Å². The zero-order chi connectivity index (χ0) is 23.2. The maximum atomic E-state index is 14.0. The molecule has 32 heavy (non-hydrogen) atoms. The Balaban J connectivity index is 2.15. The lowest BCUT2D eigenvalue weighted by Gasteiger charge is -2.34. The molecule has 2 aliphatic rings. The van der Waals surface area contributed by atoms with Gasteiger partial charge in [-0.15, -0.1) is 0 Å². The number of esters is 1. The number of aliphatic hydroxyl groups is 1. The number of carbonyl (C=O) groups excluding carboxylic acids is 3. The number of carbonyl (C=O) groups is 3. The molecule has 4 rings (SSSR count). The molecule has 166 valence electrons. The standard InChI is InChI=1S/C21H19N3O8/c1-2-30-19(28)15-18(23)32-16-13(26)7-10(9-25)31-17(16)21(15)11-5-3-4-6-12(11)24(20(21)29)8-14(22)27/h3-7,25H,2,8-9,23H2,1H3,(H2,22,27). The molecule has 1 aromatic carbocycles. The highest BCUT2D eigenvalue weighted by Crippen LogP contribution is 2.55. The molecule has 1 aromatic heterocycles. The van der Waals surface area contributed by atoms with Gasteiger partial charge in [-0.3, -0.25) is 14.4 Å². The van der Waals surface area contributed by atoms with Gasteiger partial charge >= 0.3 is 5.97 Å². The second-order valence-electron chi connectivity index (χ2n) is 7.08. The summed E-state index contributed by atoms with van der Waals surface area (Å²) in [6.07, 6.45) is 0. The van der Waals surface area contributed by atoms with Crippen LogP contribution in [0.1, 0.15) is 24.0 Å². The van der Waals surface area contributed by atoms with Gasteiger partial charge < -0.3 is 35.4 Å².